The third kappa shape index (κ3) is 4.60. The fourth-order valence-electron chi connectivity index (χ4n) is 3.04. The summed E-state index contributed by atoms with van der Waals surface area (Å²) in [7, 11) is 0. The summed E-state index contributed by atoms with van der Waals surface area (Å²) in [6.07, 6.45) is 5.18. The first kappa shape index (κ1) is 15.5. The van der Waals surface area contributed by atoms with Gasteiger partial charge < -0.3 is 11.1 Å². The lowest BCUT2D eigenvalue weighted by Gasteiger charge is -2.28. The van der Waals surface area contributed by atoms with Crippen LogP contribution in [-0.2, 0) is 4.79 Å². The third-order valence-electron chi connectivity index (χ3n) is 4.20. The Labute approximate surface area is 112 Å². The molecule has 0 radical (unpaired) electrons. The quantitative estimate of drug-likeness (QED) is 0.765. The van der Waals surface area contributed by atoms with Crippen LogP contribution in [0.5, 0.6) is 0 Å². The van der Waals surface area contributed by atoms with E-state index < -0.39 is 0 Å². The van der Waals surface area contributed by atoms with Gasteiger partial charge in [-0.15, -0.1) is 0 Å². The van der Waals surface area contributed by atoms with Gasteiger partial charge >= 0.3 is 0 Å². The zero-order valence-electron chi connectivity index (χ0n) is 12.5. The largest absolute Gasteiger partial charge is 0.353 e. The Morgan fingerprint density at radius 1 is 1.44 bits per heavy atom. The molecule has 0 aromatic rings. The van der Waals surface area contributed by atoms with Crippen molar-refractivity contribution in [3.63, 3.8) is 0 Å². The average molecular weight is 254 g/mol. The molecule has 1 rings (SSSR count). The van der Waals surface area contributed by atoms with Gasteiger partial charge in [-0.3, -0.25) is 4.79 Å². The predicted molar refractivity (Wildman–Crippen MR) is 76.2 cm³/mol. The molecule has 1 aliphatic carbocycles. The van der Waals surface area contributed by atoms with Gasteiger partial charge in [-0.05, 0) is 43.1 Å². The van der Waals surface area contributed by atoms with Crippen LogP contribution in [0.1, 0.15) is 59.8 Å². The van der Waals surface area contributed by atoms with Crippen molar-refractivity contribution in [2.24, 2.45) is 23.0 Å². The molecule has 1 aliphatic rings. The van der Waals surface area contributed by atoms with Gasteiger partial charge in [0.15, 0.2) is 0 Å². The highest BCUT2D eigenvalue weighted by atomic mass is 16.1. The van der Waals surface area contributed by atoms with Gasteiger partial charge in [0.2, 0.25) is 5.91 Å². The van der Waals surface area contributed by atoms with Crippen LogP contribution in [0.25, 0.3) is 0 Å². The lowest BCUT2D eigenvalue weighted by Crippen LogP contribution is -2.42. The van der Waals surface area contributed by atoms with Crippen LogP contribution in [-0.4, -0.2) is 18.5 Å². The number of nitrogens with two attached hydrogens (primary N) is 1. The molecule has 1 fully saturated rings. The molecule has 1 saturated carbocycles. The van der Waals surface area contributed by atoms with Crippen LogP contribution < -0.4 is 11.1 Å². The Morgan fingerprint density at radius 3 is 2.56 bits per heavy atom. The van der Waals surface area contributed by atoms with E-state index in [2.05, 4.69) is 33.0 Å². The summed E-state index contributed by atoms with van der Waals surface area (Å²) in [6.45, 7) is 9.47. The van der Waals surface area contributed by atoms with Crippen molar-refractivity contribution >= 4 is 5.91 Å². The van der Waals surface area contributed by atoms with Crippen molar-refractivity contribution in [2.45, 2.75) is 65.8 Å². The third-order valence-corrected chi connectivity index (χ3v) is 4.20. The molecule has 0 aromatic heterocycles. The zero-order valence-corrected chi connectivity index (χ0v) is 12.5. The van der Waals surface area contributed by atoms with E-state index in [1.807, 2.05) is 0 Å². The van der Waals surface area contributed by atoms with Gasteiger partial charge in [0.25, 0.3) is 0 Å². The van der Waals surface area contributed by atoms with E-state index in [-0.39, 0.29) is 11.3 Å². The molecule has 1 amide bonds. The smallest absolute Gasteiger partial charge is 0.220 e. The van der Waals surface area contributed by atoms with E-state index in [1.54, 1.807) is 0 Å². The van der Waals surface area contributed by atoms with Crippen molar-refractivity contribution in [3.05, 3.63) is 0 Å². The van der Waals surface area contributed by atoms with Gasteiger partial charge in [0.1, 0.15) is 0 Å². The maximum Gasteiger partial charge on any atom is 0.220 e. The summed E-state index contributed by atoms with van der Waals surface area (Å²) in [5, 5.41) is 3.21. The molecule has 3 N–H and O–H groups in total. The number of carbonyl (C=O) groups is 1. The summed E-state index contributed by atoms with van der Waals surface area (Å²) in [5.74, 6) is 1.12. The minimum atomic E-state index is 0.186. The van der Waals surface area contributed by atoms with Crippen molar-refractivity contribution in [2.75, 3.05) is 6.54 Å². The van der Waals surface area contributed by atoms with E-state index >= 15 is 0 Å². The first-order chi connectivity index (χ1) is 8.35. The van der Waals surface area contributed by atoms with Gasteiger partial charge in [0.05, 0.1) is 0 Å². The van der Waals surface area contributed by atoms with Crippen LogP contribution >= 0.6 is 0 Å². The molecular weight excluding hydrogens is 224 g/mol. The predicted octanol–water partition coefficient (Wildman–Crippen LogP) is 2.69. The zero-order chi connectivity index (χ0) is 13.8. The number of carbonyl (C=O) groups excluding carboxylic acids is 1. The molecule has 1 unspecified atom stereocenters. The molecule has 0 saturated heterocycles. The molecule has 106 valence electrons. The monoisotopic (exact) mass is 254 g/mol. The van der Waals surface area contributed by atoms with E-state index in [0.717, 1.165) is 12.8 Å². The van der Waals surface area contributed by atoms with Crippen LogP contribution in [0.4, 0.5) is 0 Å². The molecule has 3 heteroatoms. The molecule has 0 bridgehead atoms. The maximum atomic E-state index is 12.1. The fourth-order valence-corrected chi connectivity index (χ4v) is 3.04. The van der Waals surface area contributed by atoms with E-state index in [0.29, 0.717) is 30.8 Å². The molecule has 18 heavy (non-hydrogen) atoms. The lowest BCUT2D eigenvalue weighted by molar-refractivity contribution is -0.123. The molecule has 0 aliphatic heterocycles. The molecular formula is C15H30N2O. The van der Waals surface area contributed by atoms with Crippen molar-refractivity contribution < 1.29 is 4.79 Å². The van der Waals surface area contributed by atoms with Gasteiger partial charge in [-0.25, -0.2) is 0 Å². The second-order valence-electron chi connectivity index (χ2n) is 6.94. The Bertz CT molecular complexity index is 274. The molecule has 0 aromatic carbocycles. The first-order valence-electron chi connectivity index (χ1n) is 7.34. The second kappa shape index (κ2) is 6.55. The highest BCUT2D eigenvalue weighted by Crippen LogP contribution is 2.37. The molecule has 3 nitrogen and oxygen atoms in total. The standard InChI is InChI=1S/C15H30N2O/c1-11(2)8-12(10-16)9-14(18)17-13-6-5-7-15(13,3)4/h11-13H,5-10,16H2,1-4H3,(H,17,18)/t12-,13?/m0/s1. The minimum Gasteiger partial charge on any atom is -0.353 e. The number of hydrogen-bond donors (Lipinski definition) is 2. The maximum absolute atomic E-state index is 12.1. The minimum absolute atomic E-state index is 0.186. The van der Waals surface area contributed by atoms with Crippen LogP contribution in [0, 0.1) is 17.3 Å². The average Bonchev–Trinajstić information content (AvgIpc) is 2.56. The SMILES string of the molecule is CC(C)C[C@H](CN)CC(=O)NC1CCCC1(C)C. The van der Waals surface area contributed by atoms with Gasteiger partial charge in [-0.2, -0.15) is 0 Å². The summed E-state index contributed by atoms with van der Waals surface area (Å²) in [4.78, 5) is 12.1. The van der Waals surface area contributed by atoms with Crippen LogP contribution in [0.15, 0.2) is 0 Å². The molecule has 2 atom stereocenters. The van der Waals surface area contributed by atoms with Crippen molar-refractivity contribution in [1.29, 1.82) is 0 Å². The number of nitrogens with one attached hydrogen (secondary N) is 1. The topological polar surface area (TPSA) is 55.1 Å². The highest BCUT2D eigenvalue weighted by Gasteiger charge is 2.35. The summed E-state index contributed by atoms with van der Waals surface area (Å²) < 4.78 is 0. The Balaban J connectivity index is 2.40. The first-order valence-corrected chi connectivity index (χ1v) is 7.34. The number of rotatable bonds is 6. The molecule has 0 heterocycles. The summed E-state index contributed by atoms with van der Waals surface area (Å²) in [5.41, 5.74) is 6.01. The van der Waals surface area contributed by atoms with E-state index in [4.69, 9.17) is 5.73 Å². The van der Waals surface area contributed by atoms with Crippen molar-refractivity contribution in [1.82, 2.24) is 5.32 Å². The van der Waals surface area contributed by atoms with Crippen LogP contribution in [0.3, 0.4) is 0 Å². The van der Waals surface area contributed by atoms with Crippen molar-refractivity contribution in [3.8, 4) is 0 Å². The highest BCUT2D eigenvalue weighted by molar-refractivity contribution is 5.76. The number of hydrogen-bond acceptors (Lipinski definition) is 2. The normalized spacial score (nSPS) is 24.2. The van der Waals surface area contributed by atoms with E-state index in [1.165, 1.54) is 12.8 Å². The summed E-state index contributed by atoms with van der Waals surface area (Å²) >= 11 is 0. The second-order valence-corrected chi connectivity index (χ2v) is 6.94. The Kier molecular flexibility index (Phi) is 5.64. The van der Waals surface area contributed by atoms with E-state index in [9.17, 15) is 4.79 Å². The Morgan fingerprint density at radius 2 is 2.11 bits per heavy atom. The molecule has 0 spiro atoms. The van der Waals surface area contributed by atoms with Gasteiger partial charge in [-0.1, -0.05) is 34.1 Å². The van der Waals surface area contributed by atoms with Gasteiger partial charge in [0, 0.05) is 12.5 Å². The van der Waals surface area contributed by atoms with Crippen LogP contribution in [0.2, 0.25) is 0 Å². The Hall–Kier alpha value is -0.570. The summed E-state index contributed by atoms with van der Waals surface area (Å²) in [6, 6.07) is 0.350. The lowest BCUT2D eigenvalue weighted by atomic mass is 9.87. The fraction of sp³-hybridized carbons (Fsp3) is 0.933. The number of amides is 1.